The van der Waals surface area contributed by atoms with Crippen molar-refractivity contribution in [3.05, 3.63) is 64.7 Å². The molecule has 0 bridgehead atoms. The highest BCUT2D eigenvalue weighted by atomic mass is 32.1. The van der Waals surface area contributed by atoms with Crippen molar-refractivity contribution in [2.45, 2.75) is 19.8 Å². The molecule has 1 fully saturated rings. The van der Waals surface area contributed by atoms with E-state index >= 15 is 0 Å². The van der Waals surface area contributed by atoms with Crippen molar-refractivity contribution >= 4 is 40.6 Å². The predicted octanol–water partition coefficient (Wildman–Crippen LogP) is 4.34. The van der Waals surface area contributed by atoms with Gasteiger partial charge in [0.15, 0.2) is 5.82 Å². The van der Waals surface area contributed by atoms with Crippen LogP contribution in [0.3, 0.4) is 0 Å². The molecule has 0 saturated carbocycles. The van der Waals surface area contributed by atoms with Gasteiger partial charge in [-0.2, -0.15) is 4.98 Å². The Morgan fingerprint density at radius 2 is 1.97 bits per heavy atom. The Bertz CT molecular complexity index is 1340. The van der Waals surface area contributed by atoms with Gasteiger partial charge < -0.3 is 20.7 Å². The van der Waals surface area contributed by atoms with Crippen molar-refractivity contribution in [1.29, 1.82) is 0 Å². The van der Waals surface area contributed by atoms with Crippen LogP contribution in [-0.4, -0.2) is 50.6 Å². The van der Waals surface area contributed by atoms with Gasteiger partial charge in [-0.15, -0.1) is 11.3 Å². The van der Waals surface area contributed by atoms with E-state index in [1.54, 1.807) is 30.6 Å². The van der Waals surface area contributed by atoms with Gasteiger partial charge in [0.25, 0.3) is 0 Å². The van der Waals surface area contributed by atoms with Crippen LogP contribution in [-0.2, 0) is 4.74 Å². The molecule has 36 heavy (non-hydrogen) atoms. The number of nitrogens with zero attached hydrogens (tertiary/aromatic N) is 5. The smallest absolute Gasteiger partial charge is 0.348 e. The van der Waals surface area contributed by atoms with Gasteiger partial charge >= 0.3 is 5.97 Å². The van der Waals surface area contributed by atoms with Gasteiger partial charge in [0.05, 0.1) is 12.3 Å². The Morgan fingerprint density at radius 3 is 2.81 bits per heavy atom. The Labute approximate surface area is 212 Å². The largest absolute Gasteiger partial charge is 0.461 e. The molecule has 0 unspecified atom stereocenters. The van der Waals surface area contributed by atoms with Crippen LogP contribution in [0.2, 0.25) is 0 Å². The van der Waals surface area contributed by atoms with Crippen molar-refractivity contribution in [2.24, 2.45) is 5.92 Å². The summed E-state index contributed by atoms with van der Waals surface area (Å²) in [5.41, 5.74) is 2.32. The SMILES string of the molecule is Cc1cccc(-c2nccc(Nc3ccnc(Nc4csc(C(=O)OC[C@H]5CCCNC5)c4)n3)n2)n1. The minimum atomic E-state index is -0.308. The lowest BCUT2D eigenvalue weighted by Gasteiger charge is -2.22. The third kappa shape index (κ3) is 6.18. The molecule has 0 amide bonds. The number of piperidine rings is 1. The van der Waals surface area contributed by atoms with Crippen LogP contribution >= 0.6 is 11.3 Å². The summed E-state index contributed by atoms with van der Waals surface area (Å²) in [7, 11) is 0. The number of thiophene rings is 1. The zero-order valence-electron chi connectivity index (χ0n) is 19.8. The summed E-state index contributed by atoms with van der Waals surface area (Å²) < 4.78 is 5.51. The van der Waals surface area contributed by atoms with E-state index in [1.165, 1.54) is 11.3 Å². The van der Waals surface area contributed by atoms with E-state index in [0.717, 1.165) is 37.3 Å². The number of hydrogen-bond acceptors (Lipinski definition) is 11. The number of rotatable bonds is 8. The molecule has 0 radical (unpaired) electrons. The second kappa shape index (κ2) is 11.2. The maximum Gasteiger partial charge on any atom is 0.348 e. The summed E-state index contributed by atoms with van der Waals surface area (Å²) in [4.78, 5) is 35.1. The van der Waals surface area contributed by atoms with Crippen LogP contribution in [0.5, 0.6) is 0 Å². The van der Waals surface area contributed by atoms with Crippen molar-refractivity contribution in [1.82, 2.24) is 30.2 Å². The number of esters is 1. The van der Waals surface area contributed by atoms with Gasteiger partial charge in [-0.1, -0.05) is 6.07 Å². The van der Waals surface area contributed by atoms with Gasteiger partial charge in [0.2, 0.25) is 5.95 Å². The first-order valence-electron chi connectivity index (χ1n) is 11.7. The van der Waals surface area contributed by atoms with Gasteiger partial charge in [0.1, 0.15) is 22.2 Å². The van der Waals surface area contributed by atoms with E-state index in [0.29, 0.717) is 46.5 Å². The van der Waals surface area contributed by atoms with Crippen LogP contribution in [0.25, 0.3) is 11.5 Å². The lowest BCUT2D eigenvalue weighted by Crippen LogP contribution is -2.32. The predicted molar refractivity (Wildman–Crippen MR) is 139 cm³/mol. The molecule has 4 aromatic heterocycles. The molecule has 3 N–H and O–H groups in total. The molecule has 1 aliphatic rings. The summed E-state index contributed by atoms with van der Waals surface area (Å²) in [6, 6.07) is 11.0. The number of carbonyl (C=O) groups excluding carboxylic acids is 1. The van der Waals surface area contributed by atoms with Crippen molar-refractivity contribution in [3.63, 3.8) is 0 Å². The summed E-state index contributed by atoms with van der Waals surface area (Å²) >= 11 is 1.32. The maximum absolute atomic E-state index is 12.4. The summed E-state index contributed by atoms with van der Waals surface area (Å²) in [5, 5.41) is 11.5. The first-order valence-corrected chi connectivity index (χ1v) is 12.6. The number of ether oxygens (including phenoxy) is 1. The number of aryl methyl sites for hydroxylation is 1. The van der Waals surface area contributed by atoms with Crippen molar-refractivity contribution < 1.29 is 9.53 Å². The number of pyridine rings is 1. The number of anilines is 4. The molecular weight excluding hydrogens is 476 g/mol. The number of aromatic nitrogens is 5. The highest BCUT2D eigenvalue weighted by Gasteiger charge is 2.17. The van der Waals surface area contributed by atoms with Crippen LogP contribution in [0.4, 0.5) is 23.3 Å². The third-order valence-corrected chi connectivity index (χ3v) is 6.50. The summed E-state index contributed by atoms with van der Waals surface area (Å²) in [6.45, 7) is 4.29. The number of carbonyl (C=O) groups is 1. The Balaban J connectivity index is 1.21. The van der Waals surface area contributed by atoms with E-state index in [2.05, 4.69) is 40.9 Å². The number of hydrogen-bond donors (Lipinski definition) is 3. The molecule has 10 nitrogen and oxygen atoms in total. The molecule has 184 valence electrons. The highest BCUT2D eigenvalue weighted by Crippen LogP contribution is 2.24. The third-order valence-electron chi connectivity index (χ3n) is 5.59. The standard InChI is InChI=1S/C25H26N8O2S/c1-16-4-2-6-19(29-16)23-27-10-7-21(32-23)31-22-8-11-28-25(33-22)30-18-12-20(36-15-18)24(34)35-14-17-5-3-9-26-13-17/h2,4,6-8,10-12,15,17,26H,3,5,9,13-14H2,1H3,(H2,27,28,30,31,32,33)/t17-/m0/s1. The average molecular weight is 503 g/mol. The quantitative estimate of drug-likeness (QED) is 0.299. The van der Waals surface area contributed by atoms with Crippen molar-refractivity contribution in [3.8, 4) is 11.5 Å². The fraction of sp³-hybridized carbons (Fsp3) is 0.280. The van der Waals surface area contributed by atoms with E-state index < -0.39 is 0 Å². The van der Waals surface area contributed by atoms with E-state index in [9.17, 15) is 4.79 Å². The van der Waals surface area contributed by atoms with Crippen LogP contribution in [0.1, 0.15) is 28.2 Å². The van der Waals surface area contributed by atoms with Gasteiger partial charge in [-0.3, -0.25) is 0 Å². The maximum atomic E-state index is 12.4. The van der Waals surface area contributed by atoms with Crippen LogP contribution < -0.4 is 16.0 Å². The molecule has 4 aromatic rings. The second-order valence-electron chi connectivity index (χ2n) is 8.46. The van der Waals surface area contributed by atoms with Crippen LogP contribution in [0, 0.1) is 12.8 Å². The molecule has 1 aliphatic heterocycles. The molecule has 11 heteroatoms. The lowest BCUT2D eigenvalue weighted by atomic mass is 10.0. The zero-order chi connectivity index (χ0) is 24.7. The van der Waals surface area contributed by atoms with Gasteiger partial charge in [-0.05, 0) is 56.6 Å². The molecule has 0 aromatic carbocycles. The Kier molecular flexibility index (Phi) is 7.39. The Morgan fingerprint density at radius 1 is 1.11 bits per heavy atom. The first-order chi connectivity index (χ1) is 17.6. The van der Waals surface area contributed by atoms with Gasteiger partial charge in [-0.25, -0.2) is 24.7 Å². The fourth-order valence-electron chi connectivity index (χ4n) is 3.81. The zero-order valence-corrected chi connectivity index (χ0v) is 20.6. The monoisotopic (exact) mass is 502 g/mol. The average Bonchev–Trinajstić information content (AvgIpc) is 3.37. The summed E-state index contributed by atoms with van der Waals surface area (Å²) in [5.74, 6) is 2.13. The fourth-order valence-corrected chi connectivity index (χ4v) is 4.54. The van der Waals surface area contributed by atoms with E-state index in [-0.39, 0.29) is 5.97 Å². The normalized spacial score (nSPS) is 15.3. The summed E-state index contributed by atoms with van der Waals surface area (Å²) in [6.07, 6.45) is 5.51. The minimum absolute atomic E-state index is 0.308. The molecule has 5 heterocycles. The van der Waals surface area contributed by atoms with E-state index in [1.807, 2.05) is 30.5 Å². The first kappa shape index (κ1) is 23.8. The van der Waals surface area contributed by atoms with Crippen molar-refractivity contribution in [2.75, 3.05) is 30.3 Å². The minimum Gasteiger partial charge on any atom is -0.461 e. The van der Waals surface area contributed by atoms with Crippen LogP contribution in [0.15, 0.2) is 54.2 Å². The molecule has 1 saturated heterocycles. The lowest BCUT2D eigenvalue weighted by molar-refractivity contribution is 0.0426. The second-order valence-corrected chi connectivity index (χ2v) is 9.37. The molecule has 1 atom stereocenters. The molecular formula is C25H26N8O2S. The Hall–Kier alpha value is -3.96. The van der Waals surface area contributed by atoms with E-state index in [4.69, 9.17) is 4.74 Å². The molecule has 0 aliphatic carbocycles. The topological polar surface area (TPSA) is 127 Å². The molecule has 5 rings (SSSR count). The van der Waals surface area contributed by atoms with Gasteiger partial charge in [0, 0.05) is 35.9 Å². The molecule has 0 spiro atoms. The highest BCUT2D eigenvalue weighted by molar-refractivity contribution is 7.12. The number of nitrogens with one attached hydrogen (secondary N) is 3.